The van der Waals surface area contributed by atoms with Gasteiger partial charge in [0.1, 0.15) is 11.3 Å². The minimum Gasteiger partial charge on any atom is -0.241 e. The van der Waals surface area contributed by atoms with Crippen LogP contribution in [0.4, 0.5) is 5.69 Å². The number of nitrogens with one attached hydrogen (secondary N) is 1. The van der Waals surface area contributed by atoms with Crippen LogP contribution in [0.25, 0.3) is 0 Å². The summed E-state index contributed by atoms with van der Waals surface area (Å²) in [6, 6.07) is 7.35. The van der Waals surface area contributed by atoms with E-state index in [-0.39, 0.29) is 5.91 Å². The van der Waals surface area contributed by atoms with Gasteiger partial charge in [0.05, 0.1) is 0 Å². The lowest BCUT2D eigenvalue weighted by Crippen LogP contribution is -2.26. The Morgan fingerprint density at radius 1 is 1.33 bits per heavy atom. The van der Waals surface area contributed by atoms with Crippen molar-refractivity contribution in [3.05, 3.63) is 29.8 Å². The number of carbonyl (C=O) groups is 1. The molecule has 1 radical (unpaired) electrons. The fourth-order valence-electron chi connectivity index (χ4n) is 1.21. The third kappa shape index (κ3) is 0.993. The maximum atomic E-state index is 11.3. The highest BCUT2D eigenvalue weighted by Gasteiger charge is 2.24. The smallest absolute Gasteiger partial charge is 0.241 e. The van der Waals surface area contributed by atoms with Gasteiger partial charge in [0.25, 0.3) is 5.84 Å². The predicted octanol–water partition coefficient (Wildman–Crippen LogP) is 1.01. The molecule has 3 nitrogen and oxygen atoms in total. The molecular formula is C9H8N2O+. The average molecular weight is 160 g/mol. The van der Waals surface area contributed by atoms with Gasteiger partial charge in [0, 0.05) is 6.92 Å². The van der Waals surface area contributed by atoms with Gasteiger partial charge in [-0.15, -0.1) is 0 Å². The van der Waals surface area contributed by atoms with Crippen LogP contribution in [0.15, 0.2) is 24.3 Å². The van der Waals surface area contributed by atoms with Gasteiger partial charge in [-0.05, 0) is 17.1 Å². The number of aliphatic imine (C=N–C) groups is 1. The molecule has 1 aliphatic rings. The molecule has 0 saturated carbocycles. The van der Waals surface area contributed by atoms with Crippen molar-refractivity contribution in [1.82, 2.24) is 4.99 Å². The van der Waals surface area contributed by atoms with Gasteiger partial charge in [-0.25, -0.2) is 10.1 Å². The molecule has 1 aromatic rings. The minimum atomic E-state index is -0.165. The summed E-state index contributed by atoms with van der Waals surface area (Å²) in [5.41, 5.74) is 1.48. The number of carbonyl (C=O) groups excluding carboxylic acids is 1. The summed E-state index contributed by atoms with van der Waals surface area (Å²) in [6.45, 7) is 1.77. The Bertz CT molecular complexity index is 369. The third-order valence-corrected chi connectivity index (χ3v) is 1.74. The van der Waals surface area contributed by atoms with Gasteiger partial charge in [0.15, 0.2) is 0 Å². The molecule has 12 heavy (non-hydrogen) atoms. The zero-order chi connectivity index (χ0) is 8.55. The van der Waals surface area contributed by atoms with Crippen LogP contribution in [-0.2, 0) is 0 Å². The van der Waals surface area contributed by atoms with Crippen molar-refractivity contribution in [3.63, 3.8) is 0 Å². The van der Waals surface area contributed by atoms with Gasteiger partial charge in [0.2, 0.25) is 0 Å². The van der Waals surface area contributed by atoms with Crippen LogP contribution in [0.5, 0.6) is 0 Å². The normalized spacial score (nSPS) is 14.8. The number of para-hydroxylation sites is 1. The van der Waals surface area contributed by atoms with Crippen molar-refractivity contribution in [2.45, 2.75) is 6.92 Å². The zero-order valence-corrected chi connectivity index (χ0v) is 6.66. The first-order chi connectivity index (χ1) is 5.77. The molecule has 0 bridgehead atoms. The first-order valence-corrected chi connectivity index (χ1v) is 3.73. The van der Waals surface area contributed by atoms with E-state index in [0.29, 0.717) is 11.4 Å². The highest BCUT2D eigenvalue weighted by Crippen LogP contribution is 2.16. The molecule has 0 aromatic heterocycles. The van der Waals surface area contributed by atoms with Gasteiger partial charge < -0.3 is 0 Å². The number of anilines is 1. The SMILES string of the molecule is CC1=[N+]C(=O)c2ccccc2N1. The van der Waals surface area contributed by atoms with Crippen LogP contribution in [0.3, 0.4) is 0 Å². The lowest BCUT2D eigenvalue weighted by atomic mass is 10.1. The van der Waals surface area contributed by atoms with Crippen LogP contribution in [0.1, 0.15) is 17.3 Å². The van der Waals surface area contributed by atoms with Crippen molar-refractivity contribution in [3.8, 4) is 0 Å². The van der Waals surface area contributed by atoms with E-state index in [1.165, 1.54) is 0 Å². The summed E-state index contributed by atoms with van der Waals surface area (Å²) in [6.07, 6.45) is 0. The summed E-state index contributed by atoms with van der Waals surface area (Å²) in [7, 11) is 0. The van der Waals surface area contributed by atoms with E-state index in [4.69, 9.17) is 0 Å². The Balaban J connectivity index is 2.56. The fourth-order valence-corrected chi connectivity index (χ4v) is 1.21. The molecule has 0 fully saturated rings. The van der Waals surface area contributed by atoms with Crippen LogP contribution in [0.2, 0.25) is 0 Å². The molecule has 1 amide bonds. The highest BCUT2D eigenvalue weighted by atomic mass is 16.1. The number of rotatable bonds is 0. The van der Waals surface area contributed by atoms with E-state index in [0.717, 1.165) is 5.69 Å². The molecule has 0 unspecified atom stereocenters. The van der Waals surface area contributed by atoms with E-state index >= 15 is 0 Å². The number of amidine groups is 1. The third-order valence-electron chi connectivity index (χ3n) is 1.74. The zero-order valence-electron chi connectivity index (χ0n) is 6.66. The van der Waals surface area contributed by atoms with Crippen LogP contribution < -0.4 is 10.3 Å². The van der Waals surface area contributed by atoms with Crippen molar-refractivity contribution >= 4 is 17.4 Å². The van der Waals surface area contributed by atoms with E-state index in [2.05, 4.69) is 10.3 Å². The molecule has 3 heteroatoms. The van der Waals surface area contributed by atoms with Crippen molar-refractivity contribution in [2.75, 3.05) is 5.32 Å². The Morgan fingerprint density at radius 3 is 2.92 bits per heavy atom. The molecule has 0 aliphatic carbocycles. The van der Waals surface area contributed by atoms with E-state index in [1.54, 1.807) is 13.0 Å². The molecule has 0 spiro atoms. The Labute approximate surface area is 70.1 Å². The number of fused-ring (bicyclic) bond motifs is 1. The van der Waals surface area contributed by atoms with Crippen molar-refractivity contribution in [1.29, 1.82) is 0 Å². The van der Waals surface area contributed by atoms with Gasteiger partial charge in [-0.1, -0.05) is 12.1 Å². The predicted molar refractivity (Wildman–Crippen MR) is 47.2 cm³/mol. The second kappa shape index (κ2) is 2.44. The van der Waals surface area contributed by atoms with Crippen molar-refractivity contribution in [2.24, 2.45) is 0 Å². The highest BCUT2D eigenvalue weighted by molar-refractivity contribution is 6.12. The topological polar surface area (TPSA) is 43.2 Å². The number of hydrogen-bond donors (Lipinski definition) is 1. The first-order valence-electron chi connectivity index (χ1n) is 3.73. The lowest BCUT2D eigenvalue weighted by molar-refractivity contribution is 0.0982. The average Bonchev–Trinajstić information content (AvgIpc) is 2.04. The molecule has 59 valence electrons. The second-order valence-electron chi connectivity index (χ2n) is 2.67. The van der Waals surface area contributed by atoms with Gasteiger partial charge in [-0.2, -0.15) is 0 Å². The minimum absolute atomic E-state index is 0.165. The summed E-state index contributed by atoms with van der Waals surface area (Å²) in [5.74, 6) is 0.487. The number of benzene rings is 1. The summed E-state index contributed by atoms with van der Waals surface area (Å²) in [5, 5.41) is 3.02. The maximum Gasteiger partial charge on any atom is 0.386 e. The van der Waals surface area contributed by atoms with Crippen LogP contribution in [0, 0.1) is 0 Å². The summed E-state index contributed by atoms with van der Waals surface area (Å²) >= 11 is 0. The van der Waals surface area contributed by atoms with Crippen LogP contribution >= 0.6 is 0 Å². The van der Waals surface area contributed by atoms with Gasteiger partial charge >= 0.3 is 5.91 Å². The standard InChI is InChI=1S/C9H8N2O/c1-6-10-8-5-3-2-4-7(8)9(12)11-6/h2-5H,1H3,(H,10,12)/q+1. The molecule has 1 aliphatic heterocycles. The Hall–Kier alpha value is -1.64. The van der Waals surface area contributed by atoms with E-state index < -0.39 is 0 Å². The van der Waals surface area contributed by atoms with Crippen LogP contribution in [-0.4, -0.2) is 11.7 Å². The summed E-state index contributed by atoms with van der Waals surface area (Å²) in [4.78, 5) is 15.1. The lowest BCUT2D eigenvalue weighted by Gasteiger charge is -2.04. The molecule has 1 aromatic carbocycles. The van der Waals surface area contributed by atoms with E-state index in [9.17, 15) is 4.79 Å². The summed E-state index contributed by atoms with van der Waals surface area (Å²) < 4.78 is 0. The van der Waals surface area contributed by atoms with Crippen molar-refractivity contribution < 1.29 is 4.79 Å². The van der Waals surface area contributed by atoms with E-state index in [1.807, 2.05) is 18.2 Å². The molecule has 2 rings (SSSR count). The first kappa shape index (κ1) is 7.03. The number of hydrogen-bond acceptors (Lipinski definition) is 2. The molecule has 1 N–H and O–H groups in total. The van der Waals surface area contributed by atoms with Gasteiger partial charge in [-0.3, -0.25) is 0 Å². The molecular weight excluding hydrogens is 152 g/mol. The molecule has 0 atom stereocenters. The Morgan fingerprint density at radius 2 is 2.08 bits per heavy atom. The quantitative estimate of drug-likeness (QED) is 0.615. The molecule has 0 saturated heterocycles. The largest absolute Gasteiger partial charge is 0.386 e. The second-order valence-corrected chi connectivity index (χ2v) is 2.67. The number of nitrogens with zero attached hydrogens (tertiary/aromatic N) is 1. The number of amides is 1. The fraction of sp³-hybridized carbons (Fsp3) is 0.111. The molecule has 1 heterocycles. The Kier molecular flexibility index (Phi) is 1.43. The monoisotopic (exact) mass is 160 g/mol. The maximum absolute atomic E-state index is 11.3.